The quantitative estimate of drug-likeness (QED) is 0.600. The lowest BCUT2D eigenvalue weighted by molar-refractivity contribution is -0.135. The van der Waals surface area contributed by atoms with E-state index >= 15 is 0 Å². The molecule has 1 heterocycles. The molecule has 0 bridgehead atoms. The van der Waals surface area contributed by atoms with Gasteiger partial charge < -0.3 is 4.74 Å². The molecule has 0 saturated carbocycles. The van der Waals surface area contributed by atoms with E-state index in [1.54, 1.807) is 24.3 Å². The van der Waals surface area contributed by atoms with Crippen molar-refractivity contribution in [1.82, 2.24) is 0 Å². The van der Waals surface area contributed by atoms with Crippen LogP contribution in [-0.4, -0.2) is 13.2 Å². The molecule has 1 aliphatic heterocycles. The van der Waals surface area contributed by atoms with E-state index in [4.69, 9.17) is 11.3 Å². The Labute approximate surface area is 75.8 Å². The van der Waals surface area contributed by atoms with Gasteiger partial charge >= 0.3 is 0 Å². The fourth-order valence-electron chi connectivity index (χ4n) is 1.28. The third kappa shape index (κ3) is 1.30. The van der Waals surface area contributed by atoms with E-state index < -0.39 is 5.67 Å². The van der Waals surface area contributed by atoms with E-state index in [0.29, 0.717) is 11.3 Å². The Morgan fingerprint density at radius 1 is 1.31 bits per heavy atom. The minimum atomic E-state index is -1.32. The largest absolute Gasteiger partial charge is 0.374 e. The second kappa shape index (κ2) is 2.82. The Bertz CT molecular complexity index is 348. The van der Waals surface area contributed by atoms with Crippen molar-refractivity contribution in [2.75, 3.05) is 13.2 Å². The Morgan fingerprint density at radius 2 is 1.92 bits per heavy atom. The predicted molar refractivity (Wildman–Crippen MR) is 46.3 cm³/mol. The van der Waals surface area contributed by atoms with Gasteiger partial charge in [-0.25, -0.2) is 9.24 Å². The molecule has 1 fully saturated rings. The average molecular weight is 177 g/mol. The lowest BCUT2D eigenvalue weighted by Crippen LogP contribution is -2.42. The molecule has 2 rings (SSSR count). The second-order valence-electron chi connectivity index (χ2n) is 3.12. The zero-order valence-electron chi connectivity index (χ0n) is 6.96. The van der Waals surface area contributed by atoms with Crippen LogP contribution in [-0.2, 0) is 10.4 Å². The highest BCUT2D eigenvalue weighted by Gasteiger charge is 2.40. The van der Waals surface area contributed by atoms with Gasteiger partial charge in [0.05, 0.1) is 19.8 Å². The molecular formula is C10H8FNO. The van der Waals surface area contributed by atoms with Gasteiger partial charge in [-0.15, -0.1) is 0 Å². The lowest BCUT2D eigenvalue weighted by Gasteiger charge is -2.34. The van der Waals surface area contributed by atoms with Crippen molar-refractivity contribution in [3.63, 3.8) is 0 Å². The smallest absolute Gasteiger partial charge is 0.187 e. The molecule has 3 heteroatoms. The third-order valence-electron chi connectivity index (χ3n) is 2.18. The molecule has 66 valence electrons. The molecule has 0 N–H and O–H groups in total. The summed E-state index contributed by atoms with van der Waals surface area (Å²) in [5.74, 6) is 0. The van der Waals surface area contributed by atoms with E-state index in [-0.39, 0.29) is 13.2 Å². The molecule has 0 atom stereocenters. The average Bonchev–Trinajstić information content (AvgIpc) is 2.14. The molecular weight excluding hydrogens is 169 g/mol. The van der Waals surface area contributed by atoms with Gasteiger partial charge in [0.25, 0.3) is 0 Å². The first-order valence-electron chi connectivity index (χ1n) is 3.99. The number of benzene rings is 1. The molecule has 2 nitrogen and oxygen atoms in total. The summed E-state index contributed by atoms with van der Waals surface area (Å²) in [6.45, 7) is 6.99. The molecule has 1 aromatic carbocycles. The molecule has 0 unspecified atom stereocenters. The van der Waals surface area contributed by atoms with E-state index in [2.05, 4.69) is 4.85 Å². The minimum Gasteiger partial charge on any atom is -0.374 e. The summed E-state index contributed by atoms with van der Waals surface area (Å²) in [6, 6.07) is 6.55. The van der Waals surface area contributed by atoms with Crippen LogP contribution in [0.3, 0.4) is 0 Å². The number of hydrogen-bond donors (Lipinski definition) is 0. The highest BCUT2D eigenvalue weighted by molar-refractivity contribution is 5.46. The van der Waals surface area contributed by atoms with Crippen LogP contribution in [0.1, 0.15) is 5.56 Å². The number of halogens is 1. The summed E-state index contributed by atoms with van der Waals surface area (Å²) in [5, 5.41) is 0. The summed E-state index contributed by atoms with van der Waals surface area (Å²) < 4.78 is 18.5. The molecule has 1 aliphatic rings. The summed E-state index contributed by atoms with van der Waals surface area (Å²) in [6.07, 6.45) is 0. The topological polar surface area (TPSA) is 13.6 Å². The molecule has 1 saturated heterocycles. The second-order valence-corrected chi connectivity index (χ2v) is 3.12. The van der Waals surface area contributed by atoms with Crippen molar-refractivity contribution in [3.8, 4) is 0 Å². The fraction of sp³-hybridized carbons (Fsp3) is 0.300. The number of nitrogens with zero attached hydrogens (tertiary/aromatic N) is 1. The molecule has 0 aliphatic carbocycles. The zero-order chi connectivity index (χ0) is 9.31. The van der Waals surface area contributed by atoms with E-state index in [9.17, 15) is 4.39 Å². The Hall–Kier alpha value is -1.40. The fourth-order valence-corrected chi connectivity index (χ4v) is 1.28. The highest BCUT2D eigenvalue weighted by Crippen LogP contribution is 2.34. The SMILES string of the molecule is [C-]#[N+]c1ccc(C2(F)COC2)cc1. The molecule has 0 amide bonds. The molecule has 0 aromatic heterocycles. The minimum absolute atomic E-state index is 0.129. The molecule has 0 radical (unpaired) electrons. The monoisotopic (exact) mass is 177 g/mol. The van der Waals surface area contributed by atoms with Gasteiger partial charge in [-0.05, 0) is 5.56 Å². The molecule has 13 heavy (non-hydrogen) atoms. The summed E-state index contributed by atoms with van der Waals surface area (Å²) in [7, 11) is 0. The van der Waals surface area contributed by atoms with Crippen LogP contribution in [0.5, 0.6) is 0 Å². The highest BCUT2D eigenvalue weighted by atomic mass is 19.1. The molecule has 0 spiro atoms. The number of rotatable bonds is 1. The standard InChI is InChI=1S/C10H8FNO/c1-12-9-4-2-8(3-5-9)10(11)6-13-7-10/h2-5H,6-7H2. The zero-order valence-corrected chi connectivity index (χ0v) is 6.96. The van der Waals surface area contributed by atoms with Gasteiger partial charge in [0, 0.05) is 0 Å². The first kappa shape index (κ1) is 8.21. The van der Waals surface area contributed by atoms with Crippen LogP contribution < -0.4 is 0 Å². The van der Waals surface area contributed by atoms with Crippen LogP contribution in [0.4, 0.5) is 10.1 Å². The van der Waals surface area contributed by atoms with Crippen molar-refractivity contribution >= 4 is 5.69 Å². The van der Waals surface area contributed by atoms with Gasteiger partial charge in [-0.3, -0.25) is 0 Å². The Balaban J connectivity index is 2.28. The van der Waals surface area contributed by atoms with E-state index in [1.807, 2.05) is 0 Å². The third-order valence-corrected chi connectivity index (χ3v) is 2.18. The summed E-state index contributed by atoms with van der Waals surface area (Å²) in [4.78, 5) is 3.23. The van der Waals surface area contributed by atoms with Gasteiger partial charge in [-0.1, -0.05) is 24.3 Å². The van der Waals surface area contributed by atoms with Crippen LogP contribution in [0, 0.1) is 6.57 Å². The van der Waals surface area contributed by atoms with Crippen LogP contribution in [0.2, 0.25) is 0 Å². The van der Waals surface area contributed by atoms with Gasteiger partial charge in [0.15, 0.2) is 11.4 Å². The van der Waals surface area contributed by atoms with Crippen molar-refractivity contribution in [2.45, 2.75) is 5.67 Å². The van der Waals surface area contributed by atoms with Crippen molar-refractivity contribution in [3.05, 3.63) is 41.2 Å². The van der Waals surface area contributed by atoms with Crippen molar-refractivity contribution in [1.29, 1.82) is 0 Å². The van der Waals surface area contributed by atoms with E-state index in [1.165, 1.54) is 0 Å². The number of ether oxygens (including phenoxy) is 1. The Kier molecular flexibility index (Phi) is 1.78. The van der Waals surface area contributed by atoms with Gasteiger partial charge in [0.1, 0.15) is 0 Å². The Morgan fingerprint density at radius 3 is 2.31 bits per heavy atom. The number of alkyl halides is 1. The van der Waals surface area contributed by atoms with E-state index in [0.717, 1.165) is 0 Å². The lowest BCUT2D eigenvalue weighted by atomic mass is 9.94. The van der Waals surface area contributed by atoms with Crippen molar-refractivity contribution in [2.24, 2.45) is 0 Å². The summed E-state index contributed by atoms with van der Waals surface area (Å²) in [5.41, 5.74) is -0.181. The number of hydrogen-bond acceptors (Lipinski definition) is 1. The predicted octanol–water partition coefficient (Wildman–Crippen LogP) is 2.43. The van der Waals surface area contributed by atoms with Gasteiger partial charge in [0.2, 0.25) is 0 Å². The van der Waals surface area contributed by atoms with Crippen LogP contribution in [0.15, 0.2) is 24.3 Å². The normalized spacial score (nSPS) is 18.8. The first-order valence-corrected chi connectivity index (χ1v) is 3.99. The maximum Gasteiger partial charge on any atom is 0.187 e. The van der Waals surface area contributed by atoms with Crippen molar-refractivity contribution < 1.29 is 9.13 Å². The maximum absolute atomic E-state index is 13.7. The first-order chi connectivity index (χ1) is 6.24. The van der Waals surface area contributed by atoms with Crippen LogP contribution >= 0.6 is 0 Å². The molecule has 1 aromatic rings. The van der Waals surface area contributed by atoms with Crippen LogP contribution in [0.25, 0.3) is 4.85 Å². The van der Waals surface area contributed by atoms with Gasteiger partial charge in [-0.2, -0.15) is 0 Å². The summed E-state index contributed by atoms with van der Waals surface area (Å²) >= 11 is 0. The maximum atomic E-state index is 13.7.